The molecule has 6 aliphatic rings. The van der Waals surface area contributed by atoms with Crippen LogP contribution in [0.2, 0.25) is 0 Å². The van der Waals surface area contributed by atoms with Gasteiger partial charge < -0.3 is 64.6 Å². The first-order valence-corrected chi connectivity index (χ1v) is 41.4. The van der Waals surface area contributed by atoms with Crippen molar-refractivity contribution in [2.24, 2.45) is 16.0 Å². The molecule has 0 radical (unpaired) electrons. The number of likely N-dealkylation sites (tertiary alicyclic amines) is 2. The number of amides is 7. The molecule has 0 bridgehead atoms. The highest BCUT2D eigenvalue weighted by molar-refractivity contribution is 7.91. The van der Waals surface area contributed by atoms with E-state index in [2.05, 4.69) is 39.1 Å². The first-order chi connectivity index (χ1) is 53.7. The van der Waals surface area contributed by atoms with Crippen LogP contribution in [0.5, 0.6) is 23.0 Å². The molecule has 4 aromatic carbocycles. The number of fused-ring (bicyclic) bond motifs is 2. The number of carbonyl (C=O) groups excluding carboxylic acids is 7. The maximum Gasteiger partial charge on any atom is 0.408 e. The molecule has 31 heteroatoms. The van der Waals surface area contributed by atoms with E-state index in [1.54, 1.807) is 122 Å². The first kappa shape index (κ1) is 87.0. The lowest BCUT2D eigenvalue weighted by Gasteiger charge is -2.36. The Balaban J connectivity index is 0.000000219. The van der Waals surface area contributed by atoms with Crippen molar-refractivity contribution in [2.45, 2.75) is 228 Å². The zero-order valence-corrected chi connectivity index (χ0v) is 69.4. The number of carboxylic acids is 1. The number of benzene rings is 4. The highest BCUT2D eigenvalue weighted by atomic mass is 32.2. The Kier molecular flexibility index (Phi) is 25.3. The number of primary sulfonamides is 1. The average molecular weight is 1630 g/mol. The monoisotopic (exact) mass is 1620 g/mol. The van der Waals surface area contributed by atoms with Crippen LogP contribution in [0, 0.1) is 10.8 Å². The number of carboxylic acid groups (broad SMARTS) is 1. The van der Waals surface area contributed by atoms with Crippen LogP contribution in [0.15, 0.2) is 135 Å². The van der Waals surface area contributed by atoms with Gasteiger partial charge >= 0.3 is 18.2 Å². The van der Waals surface area contributed by atoms with Crippen LogP contribution in [0.4, 0.5) is 9.59 Å². The molecule has 4 heterocycles. The fraction of sp³-hybridized carbons (Fsp3) is 0.500. The number of pyridine rings is 2. The van der Waals surface area contributed by atoms with Gasteiger partial charge in [0.25, 0.3) is 5.91 Å². The van der Waals surface area contributed by atoms with E-state index in [9.17, 15) is 60.3 Å². The summed E-state index contributed by atoms with van der Waals surface area (Å²) in [6.45, 7) is 28.2. The Bertz CT molecular complexity index is 4940. The molecule has 6 aromatic rings. The number of nitrogens with two attached hydrogens (primary N) is 1. The zero-order chi connectivity index (χ0) is 84.4. The van der Waals surface area contributed by atoms with E-state index in [1.165, 1.54) is 15.9 Å². The molecule has 7 amide bonds. The quantitative estimate of drug-likeness (QED) is 0.0262. The van der Waals surface area contributed by atoms with Crippen molar-refractivity contribution in [1.82, 2.24) is 45.8 Å². The standard InChI is InChI=1S/C42H53N5O9S.C36H44N4O8.C6H11NO2S/c1-9-17-41(18-19-41)57(52,53)46-37(50)42(20-21-42)45-35(48)32-23-28(25-47(32)36(49)34(39(2,3)4)44-38(51)56-40(5,6)7)55-33-24-30(26-13-11-10-12-14-26)43-31-22-27(54-8)15-16-29(31)33;1-34(2,3)29(38-33(45)48-35(4,5)6)31(42)40-20-23(18-27(40)30(41)39-36(15-16-36)32(43)44)47-28-19-25(21-11-9-8-10-12-21)37-26-17-22(46-7)13-14-24(26)28;1-2-3-6(4-5-6)10(7,8)9/h9-16,22,24,28,32,34H,1,17-21,23,25H2,2-8H3,(H,44,51)(H,45,48)(H,46,50);8-14,17,19,23,27,29H,15-16,18,20H2,1-7H3,(H,38,45)(H,39,41)(H,43,44);2H,1,3-5H2,(H2,7,8,9)/t28-,32+,34-;23-,27+,29-;/m11./s1. The fourth-order valence-electron chi connectivity index (χ4n) is 13.9. The minimum atomic E-state index is -4.05. The Morgan fingerprint density at radius 2 is 0.922 bits per heavy atom. The molecule has 4 saturated carbocycles. The van der Waals surface area contributed by atoms with E-state index in [4.69, 9.17) is 43.5 Å². The van der Waals surface area contributed by atoms with Crippen LogP contribution in [0.1, 0.15) is 160 Å². The number of sulfonamides is 2. The van der Waals surface area contributed by atoms with Crippen LogP contribution in [-0.2, 0) is 58.3 Å². The second-order valence-electron chi connectivity index (χ2n) is 34.6. The van der Waals surface area contributed by atoms with Crippen molar-refractivity contribution in [3.05, 3.63) is 135 Å². The lowest BCUT2D eigenvalue weighted by molar-refractivity contribution is -0.146. The highest BCUT2D eigenvalue weighted by Gasteiger charge is 2.60. The van der Waals surface area contributed by atoms with E-state index >= 15 is 0 Å². The summed E-state index contributed by atoms with van der Waals surface area (Å²) in [6, 6.07) is 29.3. The molecule has 0 unspecified atom stereocenters. The molecule has 8 N–H and O–H groups in total. The molecule has 2 aromatic heterocycles. The molecule has 620 valence electrons. The summed E-state index contributed by atoms with van der Waals surface area (Å²) < 4.78 is 83.9. The molecular formula is C84H108N10O19S2. The summed E-state index contributed by atoms with van der Waals surface area (Å²) in [4.78, 5) is 121. The molecule has 2 aliphatic heterocycles. The highest BCUT2D eigenvalue weighted by Crippen LogP contribution is 2.48. The SMILES string of the molecule is C=CCC1(S(=O)(=O)NC(=O)C2(NC(=O)[C@@H]3C[C@@H](Oc4cc(-c5ccccc5)nc5cc(OC)ccc45)CN3C(=O)[C@@H](NC(=O)OC(C)(C)C)C(C)(C)C)CC2)CC1.C=CCC1(S(N)(=O)=O)CC1.COc1ccc2c(O[C@@H]3C[C@@H](C(=O)NC4(C(=O)O)CC4)N(C(=O)[C@@H](NC(=O)OC(C)(C)C)C(C)(C)C)C3)cc(-c3ccccc3)nc2c1. The molecule has 2 saturated heterocycles. The Morgan fingerprint density at radius 1 is 0.548 bits per heavy atom. The Hall–Kier alpha value is -10.4. The van der Waals surface area contributed by atoms with Crippen LogP contribution in [-0.4, -0.2) is 185 Å². The van der Waals surface area contributed by atoms with Crippen LogP contribution >= 0.6 is 0 Å². The van der Waals surface area contributed by atoms with Gasteiger partial charge in [-0.25, -0.2) is 46.3 Å². The van der Waals surface area contributed by atoms with E-state index in [1.807, 2.05) is 91.0 Å². The topological polar surface area (TPSA) is 399 Å². The van der Waals surface area contributed by atoms with Gasteiger partial charge in [0.1, 0.15) is 81.7 Å². The van der Waals surface area contributed by atoms with Crippen molar-refractivity contribution >= 4 is 89.5 Å². The van der Waals surface area contributed by atoms with Gasteiger partial charge in [-0.1, -0.05) is 114 Å². The summed E-state index contributed by atoms with van der Waals surface area (Å²) in [5, 5.41) is 27.1. The maximum absolute atomic E-state index is 14.6. The van der Waals surface area contributed by atoms with Gasteiger partial charge in [-0.15, -0.1) is 13.2 Å². The predicted molar refractivity (Wildman–Crippen MR) is 433 cm³/mol. The number of carbonyl (C=O) groups is 8. The van der Waals surface area contributed by atoms with Gasteiger partial charge in [0.05, 0.1) is 59.2 Å². The molecule has 0 spiro atoms. The summed E-state index contributed by atoms with van der Waals surface area (Å²) in [5.41, 5.74) is -1.77. The number of nitrogens with zero attached hydrogens (tertiary/aromatic N) is 4. The lowest BCUT2D eigenvalue weighted by atomic mass is 9.85. The summed E-state index contributed by atoms with van der Waals surface area (Å²) >= 11 is 0. The number of allylic oxidation sites excluding steroid dienone is 2. The van der Waals surface area contributed by atoms with Gasteiger partial charge in [0, 0.05) is 59.0 Å². The molecule has 12 rings (SSSR count). The van der Waals surface area contributed by atoms with E-state index in [0.29, 0.717) is 101 Å². The van der Waals surface area contributed by atoms with Gasteiger partial charge in [-0.05, 0) is 141 Å². The van der Waals surface area contributed by atoms with Crippen molar-refractivity contribution < 1.29 is 88.7 Å². The summed E-state index contributed by atoms with van der Waals surface area (Å²) in [5.74, 6) is -2.03. The molecule has 29 nitrogen and oxygen atoms in total. The van der Waals surface area contributed by atoms with Gasteiger partial charge in [-0.3, -0.25) is 28.7 Å². The van der Waals surface area contributed by atoms with Crippen molar-refractivity contribution in [3.8, 4) is 45.5 Å². The number of alkyl carbamates (subject to hydrolysis) is 2. The number of aromatic nitrogens is 2. The van der Waals surface area contributed by atoms with Gasteiger partial charge in [0.15, 0.2) is 0 Å². The van der Waals surface area contributed by atoms with E-state index in [0.717, 1.165) is 11.1 Å². The molecule has 115 heavy (non-hydrogen) atoms. The smallest absolute Gasteiger partial charge is 0.408 e. The van der Waals surface area contributed by atoms with E-state index in [-0.39, 0.29) is 45.2 Å². The summed E-state index contributed by atoms with van der Waals surface area (Å²) in [6.07, 6.45) is 4.24. The third kappa shape index (κ3) is 20.8. The number of methoxy groups -OCH3 is 2. The number of hydrogen-bond donors (Lipinski definition) is 7. The number of aliphatic carboxylic acids is 1. The number of hydrogen-bond acceptors (Lipinski definition) is 20. The average Bonchev–Trinajstić information content (AvgIpc) is 1.58. The molecular weight excluding hydrogens is 1520 g/mol. The maximum atomic E-state index is 14.6. The first-order valence-electron chi connectivity index (χ1n) is 38.4. The third-order valence-corrected chi connectivity index (χ3v) is 25.0. The van der Waals surface area contributed by atoms with Crippen LogP contribution < -0.4 is 50.1 Å². The minimum absolute atomic E-state index is 0.0141. The fourth-order valence-corrected chi connectivity index (χ4v) is 16.6. The molecule has 6 fully saturated rings. The number of nitrogens with one attached hydrogen (secondary N) is 5. The largest absolute Gasteiger partial charge is 0.497 e. The molecule has 4 aliphatic carbocycles. The van der Waals surface area contributed by atoms with Crippen molar-refractivity contribution in [3.63, 3.8) is 0 Å². The van der Waals surface area contributed by atoms with Crippen LogP contribution in [0.25, 0.3) is 44.3 Å². The lowest BCUT2D eigenvalue weighted by Crippen LogP contribution is -2.60. The second kappa shape index (κ2) is 33.4. The number of ether oxygens (including phenoxy) is 6. The van der Waals surface area contributed by atoms with Crippen molar-refractivity contribution in [1.29, 1.82) is 0 Å². The Morgan fingerprint density at radius 3 is 1.23 bits per heavy atom. The Labute approximate surface area is 672 Å². The van der Waals surface area contributed by atoms with Gasteiger partial charge in [-0.2, -0.15) is 0 Å². The molecule has 6 atom stereocenters. The number of rotatable bonds is 25. The van der Waals surface area contributed by atoms with Crippen molar-refractivity contribution in [2.75, 3.05) is 27.3 Å². The van der Waals surface area contributed by atoms with E-state index < -0.39 is 147 Å². The minimum Gasteiger partial charge on any atom is -0.497 e. The summed E-state index contributed by atoms with van der Waals surface area (Å²) in [7, 11) is -4.23. The van der Waals surface area contributed by atoms with Gasteiger partial charge in [0.2, 0.25) is 43.7 Å². The third-order valence-electron chi connectivity index (χ3n) is 21.0. The van der Waals surface area contributed by atoms with Crippen LogP contribution in [0.3, 0.4) is 0 Å². The second-order valence-corrected chi connectivity index (χ2v) is 38.7. The predicted octanol–water partition coefficient (Wildman–Crippen LogP) is 10.7. The normalized spacial score (nSPS) is 20.0. The zero-order valence-electron chi connectivity index (χ0n) is 67.8.